The van der Waals surface area contributed by atoms with Crippen molar-refractivity contribution in [3.8, 4) is 6.07 Å². The van der Waals surface area contributed by atoms with E-state index in [-0.39, 0.29) is 18.1 Å². The highest BCUT2D eigenvalue weighted by Gasteiger charge is 2.08. The molecular formula is C13H10FN3O. The number of rotatable bonds is 3. The number of benzene rings is 1. The number of para-hydroxylation sites is 1. The predicted molar refractivity (Wildman–Crippen MR) is 64.2 cm³/mol. The van der Waals surface area contributed by atoms with Crippen LogP contribution < -0.4 is 5.32 Å². The van der Waals surface area contributed by atoms with E-state index in [1.54, 1.807) is 30.5 Å². The van der Waals surface area contributed by atoms with Gasteiger partial charge in [-0.25, -0.2) is 4.39 Å². The van der Waals surface area contributed by atoms with E-state index >= 15 is 0 Å². The molecule has 0 aliphatic carbocycles. The molecule has 1 heterocycles. The Morgan fingerprint density at radius 1 is 1.33 bits per heavy atom. The number of nitrogens with zero attached hydrogens (tertiary/aromatic N) is 2. The largest absolute Gasteiger partial charge is 0.330 e. The number of halogens is 1. The summed E-state index contributed by atoms with van der Waals surface area (Å²) in [6, 6.07) is 11.2. The van der Waals surface area contributed by atoms with Gasteiger partial charge in [-0.3, -0.25) is 4.79 Å². The van der Waals surface area contributed by atoms with E-state index in [1.807, 2.05) is 6.07 Å². The minimum Gasteiger partial charge on any atom is -0.330 e. The topological polar surface area (TPSA) is 57.8 Å². The van der Waals surface area contributed by atoms with Gasteiger partial charge in [0.2, 0.25) is 5.91 Å². The fourth-order valence-corrected chi connectivity index (χ4v) is 1.56. The van der Waals surface area contributed by atoms with Crippen LogP contribution >= 0.6 is 0 Å². The third-order valence-electron chi connectivity index (χ3n) is 2.41. The van der Waals surface area contributed by atoms with Gasteiger partial charge in [0.15, 0.2) is 0 Å². The van der Waals surface area contributed by atoms with Crippen LogP contribution in [0.4, 0.5) is 10.1 Å². The van der Waals surface area contributed by atoms with E-state index < -0.39 is 5.82 Å². The van der Waals surface area contributed by atoms with Gasteiger partial charge in [0, 0.05) is 6.20 Å². The van der Waals surface area contributed by atoms with Crippen LogP contribution in [0.25, 0.3) is 0 Å². The lowest BCUT2D eigenvalue weighted by atomic mass is 10.3. The molecule has 0 aliphatic heterocycles. The highest BCUT2D eigenvalue weighted by Crippen LogP contribution is 2.12. The summed E-state index contributed by atoms with van der Waals surface area (Å²) in [5.74, 6) is -0.869. The number of nitriles is 1. The Morgan fingerprint density at radius 3 is 2.83 bits per heavy atom. The highest BCUT2D eigenvalue weighted by molar-refractivity contribution is 5.90. The van der Waals surface area contributed by atoms with E-state index in [9.17, 15) is 9.18 Å². The van der Waals surface area contributed by atoms with Crippen molar-refractivity contribution in [1.82, 2.24) is 4.57 Å². The molecule has 0 bridgehead atoms. The summed E-state index contributed by atoms with van der Waals surface area (Å²) < 4.78 is 14.8. The van der Waals surface area contributed by atoms with Crippen molar-refractivity contribution in [3.05, 3.63) is 54.1 Å². The van der Waals surface area contributed by atoms with Gasteiger partial charge in [-0.2, -0.15) is 5.26 Å². The van der Waals surface area contributed by atoms with Crippen molar-refractivity contribution < 1.29 is 9.18 Å². The van der Waals surface area contributed by atoms with Crippen LogP contribution in [-0.2, 0) is 11.3 Å². The maximum Gasteiger partial charge on any atom is 0.244 e. The molecule has 0 atom stereocenters. The fraction of sp³-hybridized carbons (Fsp3) is 0.0769. The van der Waals surface area contributed by atoms with Crippen molar-refractivity contribution in [3.63, 3.8) is 0 Å². The monoisotopic (exact) mass is 243 g/mol. The van der Waals surface area contributed by atoms with Crippen molar-refractivity contribution in [2.75, 3.05) is 5.32 Å². The second-order valence-electron chi connectivity index (χ2n) is 3.66. The van der Waals surface area contributed by atoms with Crippen molar-refractivity contribution in [1.29, 1.82) is 5.26 Å². The molecular weight excluding hydrogens is 233 g/mol. The maximum absolute atomic E-state index is 13.3. The Balaban J connectivity index is 2.06. The zero-order chi connectivity index (χ0) is 13.0. The van der Waals surface area contributed by atoms with Crippen LogP contribution in [0.5, 0.6) is 0 Å². The number of hydrogen-bond acceptors (Lipinski definition) is 2. The van der Waals surface area contributed by atoms with Crippen molar-refractivity contribution in [2.45, 2.75) is 6.54 Å². The molecule has 2 rings (SSSR count). The molecule has 5 heteroatoms. The number of anilines is 1. The first kappa shape index (κ1) is 11.9. The molecule has 0 spiro atoms. The smallest absolute Gasteiger partial charge is 0.244 e. The molecule has 0 saturated heterocycles. The van der Waals surface area contributed by atoms with E-state index in [2.05, 4.69) is 5.32 Å². The lowest BCUT2D eigenvalue weighted by Crippen LogP contribution is -2.19. The standard InChI is InChI=1S/C13H10FN3O/c14-11-5-1-2-6-12(11)16-13(18)9-17-7-3-4-10(17)8-15/h1-7H,9H2,(H,16,18). The van der Waals surface area contributed by atoms with Gasteiger partial charge in [0.05, 0.1) is 5.69 Å². The molecule has 0 radical (unpaired) electrons. The quantitative estimate of drug-likeness (QED) is 0.897. The molecule has 0 unspecified atom stereocenters. The predicted octanol–water partition coefficient (Wildman–Crippen LogP) is 2.14. The molecule has 0 saturated carbocycles. The average molecular weight is 243 g/mol. The number of aromatic nitrogens is 1. The summed E-state index contributed by atoms with van der Waals surface area (Å²) in [7, 11) is 0. The van der Waals surface area contributed by atoms with E-state index in [0.29, 0.717) is 5.69 Å². The summed E-state index contributed by atoms with van der Waals surface area (Å²) >= 11 is 0. The Kier molecular flexibility index (Phi) is 3.39. The van der Waals surface area contributed by atoms with Crippen molar-refractivity contribution >= 4 is 11.6 Å². The van der Waals surface area contributed by atoms with Crippen LogP contribution in [0.3, 0.4) is 0 Å². The third kappa shape index (κ3) is 2.55. The summed E-state index contributed by atoms with van der Waals surface area (Å²) in [6.07, 6.45) is 1.62. The summed E-state index contributed by atoms with van der Waals surface area (Å²) in [6.45, 7) is -0.0236. The van der Waals surface area contributed by atoms with Crippen LogP contribution in [0.15, 0.2) is 42.6 Å². The molecule has 18 heavy (non-hydrogen) atoms. The molecule has 1 aromatic carbocycles. The normalized spacial score (nSPS) is 9.78. The van der Waals surface area contributed by atoms with Gasteiger partial charge < -0.3 is 9.88 Å². The van der Waals surface area contributed by atoms with Gasteiger partial charge in [-0.1, -0.05) is 12.1 Å². The molecule has 2 aromatic rings. The SMILES string of the molecule is N#Cc1cccn1CC(=O)Nc1ccccc1F. The van der Waals surface area contributed by atoms with E-state index in [4.69, 9.17) is 5.26 Å². The lowest BCUT2D eigenvalue weighted by molar-refractivity contribution is -0.116. The molecule has 90 valence electrons. The van der Waals surface area contributed by atoms with Gasteiger partial charge in [0.25, 0.3) is 0 Å². The minimum atomic E-state index is -0.487. The summed E-state index contributed by atoms with van der Waals surface area (Å²) in [5, 5.41) is 11.2. The van der Waals surface area contributed by atoms with Crippen LogP contribution in [0.1, 0.15) is 5.69 Å². The average Bonchev–Trinajstić information content (AvgIpc) is 2.79. The second-order valence-corrected chi connectivity index (χ2v) is 3.66. The van der Waals surface area contributed by atoms with Gasteiger partial charge in [-0.05, 0) is 24.3 Å². The Labute approximate surface area is 103 Å². The fourth-order valence-electron chi connectivity index (χ4n) is 1.56. The van der Waals surface area contributed by atoms with Gasteiger partial charge >= 0.3 is 0 Å². The number of hydrogen-bond donors (Lipinski definition) is 1. The zero-order valence-electron chi connectivity index (χ0n) is 9.43. The minimum absolute atomic E-state index is 0.0236. The molecule has 1 aromatic heterocycles. The van der Waals surface area contributed by atoms with E-state index in [0.717, 1.165) is 0 Å². The second kappa shape index (κ2) is 5.15. The lowest BCUT2D eigenvalue weighted by Gasteiger charge is -2.07. The first-order valence-electron chi connectivity index (χ1n) is 5.30. The molecule has 1 amide bonds. The maximum atomic E-state index is 13.3. The summed E-state index contributed by atoms with van der Waals surface area (Å²) in [4.78, 5) is 11.7. The Hall–Kier alpha value is -2.61. The van der Waals surface area contributed by atoms with Gasteiger partial charge in [0.1, 0.15) is 24.1 Å². The number of carbonyl (C=O) groups is 1. The highest BCUT2D eigenvalue weighted by atomic mass is 19.1. The first-order chi connectivity index (χ1) is 8.70. The van der Waals surface area contributed by atoms with Crippen LogP contribution in [0, 0.1) is 17.1 Å². The van der Waals surface area contributed by atoms with Crippen molar-refractivity contribution in [2.24, 2.45) is 0 Å². The number of nitrogens with one attached hydrogen (secondary N) is 1. The Bertz CT molecular complexity index is 607. The number of amides is 1. The summed E-state index contributed by atoms with van der Waals surface area (Å²) in [5.41, 5.74) is 0.520. The molecule has 1 N–H and O–H groups in total. The molecule has 4 nitrogen and oxygen atoms in total. The van der Waals surface area contributed by atoms with Crippen LogP contribution in [0.2, 0.25) is 0 Å². The number of carbonyl (C=O) groups excluding carboxylic acids is 1. The molecule has 0 fully saturated rings. The third-order valence-corrected chi connectivity index (χ3v) is 2.41. The van der Waals surface area contributed by atoms with Crippen LogP contribution in [-0.4, -0.2) is 10.5 Å². The Morgan fingerprint density at radius 2 is 2.11 bits per heavy atom. The van der Waals surface area contributed by atoms with Gasteiger partial charge in [-0.15, -0.1) is 0 Å². The zero-order valence-corrected chi connectivity index (χ0v) is 9.43. The van der Waals surface area contributed by atoms with E-state index in [1.165, 1.54) is 16.7 Å². The molecule has 0 aliphatic rings. The first-order valence-corrected chi connectivity index (χ1v) is 5.30.